The van der Waals surface area contributed by atoms with Crippen LogP contribution in [0.3, 0.4) is 0 Å². The van der Waals surface area contributed by atoms with Crippen molar-refractivity contribution in [1.82, 2.24) is 0 Å². The van der Waals surface area contributed by atoms with E-state index < -0.39 is 10.7 Å². The normalized spacial score (nSPS) is 10.0. The average molecular weight is 199 g/mol. The minimum absolute atomic E-state index is 0.132. The van der Waals surface area contributed by atoms with Gasteiger partial charge in [0.1, 0.15) is 0 Å². The summed E-state index contributed by atoms with van der Waals surface area (Å²) >= 11 is 0. The Morgan fingerprint density at radius 1 is 1.31 bits per heavy atom. The van der Waals surface area contributed by atoms with Crippen molar-refractivity contribution in [2.45, 2.75) is 11.8 Å². The zero-order chi connectivity index (χ0) is 9.84. The maximum Gasteiger partial charge on any atom is 0.221 e. The molecule has 0 saturated heterocycles. The highest BCUT2D eigenvalue weighted by atomic mass is 32.2. The van der Waals surface area contributed by atoms with Crippen molar-refractivity contribution in [3.63, 3.8) is 0 Å². The lowest BCUT2D eigenvalue weighted by Crippen LogP contribution is -2.07. The molecule has 1 rings (SSSR count). The summed E-state index contributed by atoms with van der Waals surface area (Å²) in [5.74, 6) is -0.288. The van der Waals surface area contributed by atoms with Crippen molar-refractivity contribution in [1.29, 1.82) is 0 Å². The number of carbonyl (C=O) groups excluding carboxylic acids is 1. The number of rotatable bonds is 2. The number of thiol groups is 1. The monoisotopic (exact) mass is 199 g/mol. The molecule has 0 radical (unpaired) electrons. The van der Waals surface area contributed by atoms with Gasteiger partial charge in [0, 0.05) is 6.92 Å². The van der Waals surface area contributed by atoms with Gasteiger partial charge in [-0.15, -0.1) is 0 Å². The van der Waals surface area contributed by atoms with Crippen LogP contribution in [0.5, 0.6) is 0 Å². The number of hydrogen-bond donors (Lipinski definition) is 2. The van der Waals surface area contributed by atoms with Gasteiger partial charge >= 0.3 is 0 Å². The average Bonchev–Trinajstić information content (AvgIpc) is 2.03. The van der Waals surface area contributed by atoms with E-state index >= 15 is 0 Å². The number of para-hydroxylation sites is 1. The van der Waals surface area contributed by atoms with Crippen LogP contribution in [-0.2, 0) is 15.5 Å². The summed E-state index contributed by atoms with van der Waals surface area (Å²) in [6.07, 6.45) is 0. The van der Waals surface area contributed by atoms with Crippen LogP contribution in [0.25, 0.3) is 0 Å². The predicted molar refractivity (Wildman–Crippen MR) is 49.3 cm³/mol. The van der Waals surface area contributed by atoms with Gasteiger partial charge in [-0.25, -0.2) is 8.42 Å². The highest BCUT2D eigenvalue weighted by Gasteiger charge is 2.03. The summed E-state index contributed by atoms with van der Waals surface area (Å²) in [7, 11) is -2.66. The van der Waals surface area contributed by atoms with Gasteiger partial charge in [0.15, 0.2) is 10.7 Å². The van der Waals surface area contributed by atoms with Crippen LogP contribution >= 0.6 is 0 Å². The summed E-state index contributed by atoms with van der Waals surface area (Å²) in [5.41, 5.74) is 0.325. The number of amides is 1. The van der Waals surface area contributed by atoms with E-state index in [-0.39, 0.29) is 10.8 Å². The number of hydrogen-bond acceptors (Lipinski definition) is 3. The van der Waals surface area contributed by atoms with E-state index in [4.69, 9.17) is 0 Å². The molecule has 1 aromatic rings. The van der Waals surface area contributed by atoms with Gasteiger partial charge < -0.3 is 5.32 Å². The van der Waals surface area contributed by atoms with E-state index in [1.807, 2.05) is 0 Å². The van der Waals surface area contributed by atoms with Crippen LogP contribution in [0.2, 0.25) is 0 Å². The number of anilines is 1. The van der Waals surface area contributed by atoms with Crippen molar-refractivity contribution in [2.24, 2.45) is 0 Å². The largest absolute Gasteiger partial charge is 0.325 e. The molecule has 0 unspecified atom stereocenters. The highest BCUT2D eigenvalue weighted by Crippen LogP contribution is 2.15. The van der Waals surface area contributed by atoms with E-state index in [1.54, 1.807) is 18.2 Å². The Balaban J connectivity index is 3.12. The molecule has 0 fully saturated rings. The van der Waals surface area contributed by atoms with Gasteiger partial charge in [-0.05, 0) is 12.1 Å². The predicted octanol–water partition coefficient (Wildman–Crippen LogP) is 0.615. The van der Waals surface area contributed by atoms with E-state index in [9.17, 15) is 13.2 Å². The Morgan fingerprint density at radius 3 is 2.46 bits per heavy atom. The van der Waals surface area contributed by atoms with Gasteiger partial charge in [0.05, 0.1) is 10.6 Å². The first-order valence-electron chi connectivity index (χ1n) is 3.62. The second-order valence-electron chi connectivity index (χ2n) is 2.46. The molecule has 4 nitrogen and oxygen atoms in total. The molecule has 0 spiro atoms. The molecule has 0 aliphatic heterocycles. The summed E-state index contributed by atoms with van der Waals surface area (Å²) < 4.78 is 21.4. The van der Waals surface area contributed by atoms with E-state index in [0.29, 0.717) is 5.69 Å². The molecule has 0 bridgehead atoms. The Labute approximate surface area is 77.5 Å². The Kier molecular flexibility index (Phi) is 3.02. The molecule has 70 valence electrons. The Hall–Kier alpha value is -1.36. The highest BCUT2D eigenvalue weighted by molar-refractivity contribution is 7.72. The van der Waals surface area contributed by atoms with Crippen LogP contribution in [0.15, 0.2) is 29.2 Å². The third-order valence-electron chi connectivity index (χ3n) is 1.41. The second kappa shape index (κ2) is 4.04. The van der Waals surface area contributed by atoms with Crippen molar-refractivity contribution in [2.75, 3.05) is 5.32 Å². The second-order valence-corrected chi connectivity index (χ2v) is 3.45. The molecular formula is C8H9NO3S. The third kappa shape index (κ3) is 2.55. The molecule has 1 N–H and O–H groups in total. The molecule has 0 aliphatic carbocycles. The summed E-state index contributed by atoms with van der Waals surface area (Å²) in [5, 5.41) is 2.43. The standard InChI is InChI=1S/C8H9NO3S/c1-6(10)9-7-4-2-3-5-8(7)13(11)12/h2-5,13H,1H3,(H,9,10). The molecule has 0 atom stereocenters. The summed E-state index contributed by atoms with van der Waals surface area (Å²) in [6.45, 7) is 1.33. The van der Waals surface area contributed by atoms with Gasteiger partial charge in [0.2, 0.25) is 5.91 Å². The molecule has 1 aromatic carbocycles. The first kappa shape index (κ1) is 9.73. The third-order valence-corrected chi connectivity index (χ3v) is 2.19. The molecular weight excluding hydrogens is 190 g/mol. The van der Waals surface area contributed by atoms with Crippen LogP contribution < -0.4 is 5.32 Å². The van der Waals surface area contributed by atoms with Gasteiger partial charge in [-0.1, -0.05) is 12.1 Å². The van der Waals surface area contributed by atoms with Gasteiger partial charge in [-0.2, -0.15) is 0 Å². The van der Waals surface area contributed by atoms with Gasteiger partial charge in [-0.3, -0.25) is 4.79 Å². The fourth-order valence-electron chi connectivity index (χ4n) is 0.928. The minimum Gasteiger partial charge on any atom is -0.325 e. The van der Waals surface area contributed by atoms with E-state index in [0.717, 1.165) is 0 Å². The van der Waals surface area contributed by atoms with E-state index in [2.05, 4.69) is 5.32 Å². The van der Waals surface area contributed by atoms with Crippen LogP contribution in [0.4, 0.5) is 5.69 Å². The zero-order valence-corrected chi connectivity index (χ0v) is 7.88. The van der Waals surface area contributed by atoms with Crippen molar-refractivity contribution >= 4 is 22.3 Å². The first-order valence-corrected chi connectivity index (χ1v) is 4.80. The molecule has 0 aliphatic rings. The maximum atomic E-state index is 10.7. The summed E-state index contributed by atoms with van der Waals surface area (Å²) in [4.78, 5) is 10.8. The smallest absolute Gasteiger partial charge is 0.221 e. The van der Waals surface area contributed by atoms with E-state index in [1.165, 1.54) is 13.0 Å². The lowest BCUT2D eigenvalue weighted by atomic mass is 10.3. The molecule has 13 heavy (non-hydrogen) atoms. The van der Waals surface area contributed by atoms with Crippen molar-refractivity contribution in [3.8, 4) is 0 Å². The number of carbonyl (C=O) groups is 1. The maximum absolute atomic E-state index is 10.7. The molecule has 5 heteroatoms. The fraction of sp³-hybridized carbons (Fsp3) is 0.125. The molecule has 0 saturated carbocycles. The molecule has 0 aromatic heterocycles. The number of nitrogens with one attached hydrogen (secondary N) is 1. The molecule has 1 amide bonds. The first-order chi connectivity index (χ1) is 6.11. The van der Waals surface area contributed by atoms with Gasteiger partial charge in [0.25, 0.3) is 0 Å². The number of benzene rings is 1. The quantitative estimate of drug-likeness (QED) is 0.686. The SMILES string of the molecule is CC(=O)Nc1ccccc1[SH](=O)=O. The zero-order valence-electron chi connectivity index (χ0n) is 6.98. The lowest BCUT2D eigenvalue weighted by Gasteiger charge is -2.03. The van der Waals surface area contributed by atoms with Crippen molar-refractivity contribution < 1.29 is 13.2 Å². The lowest BCUT2D eigenvalue weighted by molar-refractivity contribution is -0.114. The Bertz CT molecular complexity index is 390. The molecule has 0 heterocycles. The minimum atomic E-state index is -2.66. The van der Waals surface area contributed by atoms with Crippen LogP contribution in [-0.4, -0.2) is 14.3 Å². The topological polar surface area (TPSA) is 63.2 Å². The van der Waals surface area contributed by atoms with Crippen molar-refractivity contribution in [3.05, 3.63) is 24.3 Å². The Morgan fingerprint density at radius 2 is 1.92 bits per heavy atom. The fourth-order valence-corrected chi connectivity index (χ4v) is 1.46. The van der Waals surface area contributed by atoms with Crippen LogP contribution in [0.1, 0.15) is 6.92 Å². The van der Waals surface area contributed by atoms with Crippen LogP contribution in [0, 0.1) is 0 Å². The summed E-state index contributed by atoms with van der Waals surface area (Å²) in [6, 6.07) is 6.25.